The van der Waals surface area contributed by atoms with Gasteiger partial charge in [0.25, 0.3) is 5.69 Å². The van der Waals surface area contributed by atoms with Crippen LogP contribution in [0.1, 0.15) is 0 Å². The van der Waals surface area contributed by atoms with Gasteiger partial charge in [-0.25, -0.2) is 0 Å². The molecule has 0 saturated carbocycles. The van der Waals surface area contributed by atoms with Gasteiger partial charge in [-0.2, -0.15) is 0 Å². The minimum absolute atomic E-state index is 0. The number of nitro groups is 1. The third-order valence-corrected chi connectivity index (χ3v) is 1.22. The van der Waals surface area contributed by atoms with Crippen LogP contribution in [0, 0.1) is 10.1 Å². The molecule has 0 aromatic heterocycles. The number of nitro benzene ring substituents is 1. The zero-order chi connectivity index (χ0) is 8.43. The molecule has 0 amide bonds. The monoisotopic (exact) mass is 177 g/mol. The van der Waals surface area contributed by atoms with Crippen molar-refractivity contribution in [1.82, 2.24) is 0 Å². The first kappa shape index (κ1) is 11.2. The molecule has 58 valence electrons. The predicted octanol–water partition coefficient (Wildman–Crippen LogP) is -2.11. The van der Waals surface area contributed by atoms with E-state index in [1.54, 1.807) is 0 Å². The van der Waals surface area contributed by atoms with Gasteiger partial charge in [0.15, 0.2) is 0 Å². The number of benzene rings is 1. The van der Waals surface area contributed by atoms with Crippen LogP contribution >= 0.6 is 0 Å². The summed E-state index contributed by atoms with van der Waals surface area (Å²) in [6.07, 6.45) is 0. The number of hydrogen-bond donors (Lipinski definition) is 2. The number of nitrogen functional groups attached to an aromatic ring is 1. The van der Waals surface area contributed by atoms with Crippen LogP contribution in [0.2, 0.25) is 0 Å². The normalized spacial score (nSPS) is 8.67. The Kier molecular flexibility index (Phi) is 4.02. The molecule has 0 unspecified atom stereocenters. The molecule has 5 nitrogen and oxygen atoms in total. The first-order valence-corrected chi connectivity index (χ1v) is 2.84. The van der Waals surface area contributed by atoms with E-state index in [4.69, 9.17) is 10.8 Å². The molecular weight excluding hydrogens is 171 g/mol. The van der Waals surface area contributed by atoms with E-state index in [0.717, 1.165) is 6.07 Å². The van der Waals surface area contributed by atoms with Crippen molar-refractivity contribution in [3.8, 4) is 5.75 Å². The van der Waals surface area contributed by atoms with E-state index in [0.29, 0.717) is 0 Å². The number of anilines is 1. The maximum Gasteiger partial charge on any atom is 1.00 e. The van der Waals surface area contributed by atoms with Gasteiger partial charge in [0.2, 0.25) is 0 Å². The van der Waals surface area contributed by atoms with Gasteiger partial charge in [-0.05, 0) is 6.07 Å². The molecule has 6 heteroatoms. The van der Waals surface area contributed by atoms with Gasteiger partial charge in [0, 0.05) is 12.1 Å². The SMILES string of the molecule is Nc1cc([N+](=O)[O-])ccc1O.[Na+]. The average molecular weight is 177 g/mol. The minimum Gasteiger partial charge on any atom is -0.506 e. The van der Waals surface area contributed by atoms with E-state index in [2.05, 4.69) is 0 Å². The number of nitrogens with zero attached hydrogens (tertiary/aromatic N) is 1. The molecule has 0 aliphatic heterocycles. The fourth-order valence-electron chi connectivity index (χ4n) is 0.655. The van der Waals surface area contributed by atoms with Gasteiger partial charge in [-0.3, -0.25) is 10.1 Å². The van der Waals surface area contributed by atoms with Crippen molar-refractivity contribution >= 4 is 11.4 Å². The van der Waals surface area contributed by atoms with Crippen LogP contribution in [-0.4, -0.2) is 10.0 Å². The van der Waals surface area contributed by atoms with Crippen molar-refractivity contribution in [2.24, 2.45) is 0 Å². The summed E-state index contributed by atoms with van der Waals surface area (Å²) in [7, 11) is 0. The van der Waals surface area contributed by atoms with Gasteiger partial charge < -0.3 is 10.8 Å². The topological polar surface area (TPSA) is 89.4 Å². The third kappa shape index (κ3) is 2.37. The molecule has 3 N–H and O–H groups in total. The van der Waals surface area contributed by atoms with Crippen LogP contribution in [0.3, 0.4) is 0 Å². The average Bonchev–Trinajstić information content (AvgIpc) is 1.94. The Morgan fingerprint density at radius 3 is 2.50 bits per heavy atom. The van der Waals surface area contributed by atoms with Crippen LogP contribution in [0.25, 0.3) is 0 Å². The molecule has 0 heterocycles. The van der Waals surface area contributed by atoms with E-state index < -0.39 is 4.92 Å². The standard InChI is InChI=1S/C6H6N2O3.Na/c7-5-3-4(8(10)11)1-2-6(5)9;/h1-3,9H,7H2;/q;+1. The molecule has 0 spiro atoms. The molecule has 1 aromatic carbocycles. The summed E-state index contributed by atoms with van der Waals surface area (Å²) in [4.78, 5) is 9.56. The van der Waals surface area contributed by atoms with Crippen LogP contribution in [0.5, 0.6) is 5.75 Å². The van der Waals surface area contributed by atoms with E-state index in [9.17, 15) is 10.1 Å². The maximum atomic E-state index is 10.1. The van der Waals surface area contributed by atoms with Crippen molar-refractivity contribution in [3.05, 3.63) is 28.3 Å². The molecule has 0 atom stereocenters. The summed E-state index contributed by atoms with van der Waals surface area (Å²) >= 11 is 0. The van der Waals surface area contributed by atoms with Crippen molar-refractivity contribution in [3.63, 3.8) is 0 Å². The van der Waals surface area contributed by atoms with Crippen molar-refractivity contribution in [1.29, 1.82) is 0 Å². The van der Waals surface area contributed by atoms with E-state index in [1.165, 1.54) is 12.1 Å². The van der Waals surface area contributed by atoms with Gasteiger partial charge in [0.1, 0.15) is 5.75 Å². The van der Waals surface area contributed by atoms with Crippen molar-refractivity contribution < 1.29 is 39.6 Å². The molecule has 0 saturated heterocycles. The summed E-state index contributed by atoms with van der Waals surface area (Å²) in [5.41, 5.74) is 5.09. The fraction of sp³-hybridized carbons (Fsp3) is 0. The zero-order valence-corrected chi connectivity index (χ0v) is 8.52. The number of hydrogen-bond acceptors (Lipinski definition) is 4. The molecule has 0 bridgehead atoms. The van der Waals surface area contributed by atoms with Gasteiger partial charge in [-0.1, -0.05) is 0 Å². The third-order valence-electron chi connectivity index (χ3n) is 1.22. The number of rotatable bonds is 1. The number of aromatic hydroxyl groups is 1. The number of phenols is 1. The first-order valence-electron chi connectivity index (χ1n) is 2.84. The Morgan fingerprint density at radius 1 is 1.50 bits per heavy atom. The molecule has 0 fully saturated rings. The largest absolute Gasteiger partial charge is 1.00 e. The molecule has 0 radical (unpaired) electrons. The van der Waals surface area contributed by atoms with Crippen molar-refractivity contribution in [2.75, 3.05) is 5.73 Å². The Bertz CT molecular complexity index is 303. The molecule has 1 aromatic rings. The minimum atomic E-state index is -0.574. The quantitative estimate of drug-likeness (QED) is 0.169. The Labute approximate surface area is 90.6 Å². The van der Waals surface area contributed by atoms with Crippen LogP contribution < -0.4 is 35.3 Å². The smallest absolute Gasteiger partial charge is 0.506 e. The second-order valence-electron chi connectivity index (χ2n) is 2.00. The van der Waals surface area contributed by atoms with E-state index >= 15 is 0 Å². The molecule has 0 aliphatic carbocycles. The predicted molar refractivity (Wildman–Crippen MR) is 39.2 cm³/mol. The number of non-ortho nitro benzene ring substituents is 1. The van der Waals surface area contributed by atoms with Gasteiger partial charge in [0.05, 0.1) is 10.6 Å². The van der Waals surface area contributed by atoms with Gasteiger partial charge in [-0.15, -0.1) is 0 Å². The molecular formula is C6H6N2NaO3+. The Balaban J connectivity index is 0.00000121. The Morgan fingerprint density at radius 2 is 2.08 bits per heavy atom. The number of nitrogens with two attached hydrogens (primary N) is 1. The number of phenolic OH excluding ortho intramolecular Hbond substituents is 1. The first-order chi connectivity index (χ1) is 5.11. The molecule has 1 rings (SSSR count). The summed E-state index contributed by atoms with van der Waals surface area (Å²) in [6.45, 7) is 0. The summed E-state index contributed by atoms with van der Waals surface area (Å²) in [6, 6.07) is 3.48. The molecule has 0 aliphatic rings. The maximum absolute atomic E-state index is 10.1. The molecule has 12 heavy (non-hydrogen) atoms. The zero-order valence-electron chi connectivity index (χ0n) is 6.52. The van der Waals surface area contributed by atoms with Crippen LogP contribution in [-0.2, 0) is 0 Å². The van der Waals surface area contributed by atoms with E-state index in [1.807, 2.05) is 0 Å². The summed E-state index contributed by atoms with van der Waals surface area (Å²) in [5, 5.41) is 19.0. The van der Waals surface area contributed by atoms with Crippen LogP contribution in [0.4, 0.5) is 11.4 Å². The second kappa shape index (κ2) is 4.30. The van der Waals surface area contributed by atoms with E-state index in [-0.39, 0.29) is 46.7 Å². The van der Waals surface area contributed by atoms with Gasteiger partial charge >= 0.3 is 29.6 Å². The summed E-state index contributed by atoms with van der Waals surface area (Å²) < 4.78 is 0. The fourth-order valence-corrected chi connectivity index (χ4v) is 0.655. The van der Waals surface area contributed by atoms with Crippen LogP contribution in [0.15, 0.2) is 18.2 Å². The second-order valence-corrected chi connectivity index (χ2v) is 2.00. The Hall–Kier alpha value is -0.780. The summed E-state index contributed by atoms with van der Waals surface area (Å²) in [5.74, 6) is -0.143. The van der Waals surface area contributed by atoms with Crippen molar-refractivity contribution in [2.45, 2.75) is 0 Å².